The second kappa shape index (κ2) is 8.99. The van der Waals surface area contributed by atoms with Crippen molar-refractivity contribution in [1.82, 2.24) is 4.57 Å². The topological polar surface area (TPSA) is 42.2 Å². The molecule has 0 atom stereocenters. The zero-order valence-corrected chi connectivity index (χ0v) is 16.5. The standard InChI is InChI=1S/C21H18F3NO2.C2H6/c1-3-5-18-13(2)17(11-14-8-9-14)19(20(26)27)25(18)12-15-6-4-7-16(10-15)21(22,23)24;1-2/h3-7,10-11H,1-2,8-9,12H2,(H,26,27);1-2H3/b18-5+;. The third-order valence-electron chi connectivity index (χ3n) is 4.41. The van der Waals surface area contributed by atoms with Gasteiger partial charge in [-0.2, -0.15) is 13.2 Å². The van der Waals surface area contributed by atoms with E-state index in [4.69, 9.17) is 0 Å². The van der Waals surface area contributed by atoms with Crippen LogP contribution in [0.1, 0.15) is 53.9 Å². The fourth-order valence-corrected chi connectivity index (χ4v) is 3.01. The van der Waals surface area contributed by atoms with Crippen molar-refractivity contribution in [3.8, 4) is 0 Å². The molecule has 0 amide bonds. The summed E-state index contributed by atoms with van der Waals surface area (Å²) in [6.07, 6.45) is 2.31. The van der Waals surface area contributed by atoms with E-state index in [9.17, 15) is 23.1 Å². The number of hydrogen-bond donors (Lipinski definition) is 1. The first-order valence-corrected chi connectivity index (χ1v) is 9.35. The molecule has 0 aliphatic heterocycles. The van der Waals surface area contributed by atoms with E-state index in [2.05, 4.69) is 13.2 Å². The number of nitrogens with zero attached hydrogens (tertiary/aromatic N) is 1. The van der Waals surface area contributed by atoms with Crippen LogP contribution >= 0.6 is 0 Å². The van der Waals surface area contributed by atoms with Crippen LogP contribution in [0.2, 0.25) is 0 Å². The maximum Gasteiger partial charge on any atom is 0.416 e. The lowest BCUT2D eigenvalue weighted by Gasteiger charge is -2.11. The molecule has 3 rings (SSSR count). The minimum atomic E-state index is -4.46. The summed E-state index contributed by atoms with van der Waals surface area (Å²) in [5.74, 6) is -1.15. The smallest absolute Gasteiger partial charge is 0.416 e. The molecule has 29 heavy (non-hydrogen) atoms. The molecule has 0 saturated heterocycles. The van der Waals surface area contributed by atoms with E-state index in [0.29, 0.717) is 21.7 Å². The van der Waals surface area contributed by atoms with Crippen LogP contribution in [-0.2, 0) is 12.7 Å². The number of carboxylic acids is 1. The molecule has 1 aliphatic rings. The largest absolute Gasteiger partial charge is 0.477 e. The lowest BCUT2D eigenvalue weighted by Crippen LogP contribution is -2.30. The zero-order chi connectivity index (χ0) is 21.8. The van der Waals surface area contributed by atoms with Crippen molar-refractivity contribution in [3.05, 3.63) is 75.4 Å². The van der Waals surface area contributed by atoms with E-state index in [1.165, 1.54) is 16.7 Å². The average molecular weight is 403 g/mol. The highest BCUT2D eigenvalue weighted by molar-refractivity contribution is 5.91. The van der Waals surface area contributed by atoms with Gasteiger partial charge in [0.05, 0.1) is 5.56 Å². The van der Waals surface area contributed by atoms with Crippen LogP contribution in [0.25, 0.3) is 18.7 Å². The van der Waals surface area contributed by atoms with Gasteiger partial charge >= 0.3 is 12.1 Å². The lowest BCUT2D eigenvalue weighted by molar-refractivity contribution is -0.137. The van der Waals surface area contributed by atoms with Gasteiger partial charge in [0.25, 0.3) is 0 Å². The number of aromatic carboxylic acids is 1. The Morgan fingerprint density at radius 3 is 2.45 bits per heavy atom. The average Bonchev–Trinajstić information content (AvgIpc) is 3.45. The number of hydrogen-bond acceptors (Lipinski definition) is 1. The molecule has 0 radical (unpaired) electrons. The van der Waals surface area contributed by atoms with Crippen LogP contribution in [0.3, 0.4) is 0 Å². The number of alkyl halides is 3. The SMILES string of the molecule is C=C/C=c1\c(=C)c(C=C2CC2)c(C(=O)O)n1Cc1cccc(C(F)(F)F)c1.CC. The van der Waals surface area contributed by atoms with Crippen LogP contribution < -0.4 is 10.6 Å². The Bertz CT molecular complexity index is 1050. The van der Waals surface area contributed by atoms with Crippen molar-refractivity contribution in [1.29, 1.82) is 0 Å². The Hall–Kier alpha value is -3.02. The van der Waals surface area contributed by atoms with Gasteiger partial charge < -0.3 is 9.67 Å². The van der Waals surface area contributed by atoms with Gasteiger partial charge in [0.15, 0.2) is 0 Å². The predicted octanol–water partition coefficient (Wildman–Crippen LogP) is 4.83. The van der Waals surface area contributed by atoms with E-state index >= 15 is 0 Å². The quantitative estimate of drug-likeness (QED) is 0.777. The Balaban J connectivity index is 0.00000145. The highest BCUT2D eigenvalue weighted by atomic mass is 19.4. The van der Waals surface area contributed by atoms with Crippen molar-refractivity contribution in [2.45, 2.75) is 39.4 Å². The summed E-state index contributed by atoms with van der Waals surface area (Å²) in [6, 6.07) is 4.88. The molecule has 6 heteroatoms. The minimum absolute atomic E-state index is 0.0169. The molecule has 3 nitrogen and oxygen atoms in total. The summed E-state index contributed by atoms with van der Waals surface area (Å²) < 4.78 is 40.5. The van der Waals surface area contributed by atoms with Gasteiger partial charge in [-0.15, -0.1) is 0 Å². The maximum absolute atomic E-state index is 13.0. The molecular weight excluding hydrogens is 379 g/mol. The second-order valence-corrected chi connectivity index (χ2v) is 6.42. The van der Waals surface area contributed by atoms with Gasteiger partial charge in [0.1, 0.15) is 5.69 Å². The Kier molecular flexibility index (Phi) is 6.90. The van der Waals surface area contributed by atoms with E-state index < -0.39 is 17.7 Å². The summed E-state index contributed by atoms with van der Waals surface area (Å²) in [5.41, 5.74) is 1.23. The molecule has 2 aromatic rings. The predicted molar refractivity (Wildman–Crippen MR) is 110 cm³/mol. The molecule has 1 aromatic carbocycles. The number of rotatable bonds is 5. The fourth-order valence-electron chi connectivity index (χ4n) is 3.01. The summed E-state index contributed by atoms with van der Waals surface area (Å²) >= 11 is 0. The molecular formula is C23H24F3NO2. The highest BCUT2D eigenvalue weighted by Crippen LogP contribution is 2.31. The second-order valence-electron chi connectivity index (χ2n) is 6.42. The molecule has 1 fully saturated rings. The van der Waals surface area contributed by atoms with Gasteiger partial charge in [0.2, 0.25) is 0 Å². The van der Waals surface area contributed by atoms with Crippen LogP contribution in [0, 0.1) is 0 Å². The van der Waals surface area contributed by atoms with Crippen molar-refractivity contribution < 1.29 is 23.1 Å². The van der Waals surface area contributed by atoms with Gasteiger partial charge in [-0.05, 0) is 36.6 Å². The summed E-state index contributed by atoms with van der Waals surface area (Å²) in [7, 11) is 0. The molecule has 0 unspecified atom stereocenters. The van der Waals surface area contributed by atoms with Crippen LogP contribution in [0.4, 0.5) is 13.2 Å². The molecule has 0 spiro atoms. The number of benzene rings is 1. The molecule has 154 valence electrons. The summed E-state index contributed by atoms with van der Waals surface area (Å²) in [4.78, 5) is 11.9. The third kappa shape index (κ3) is 5.08. The van der Waals surface area contributed by atoms with Gasteiger partial charge in [-0.1, -0.05) is 56.9 Å². The first kappa shape index (κ1) is 22.3. The number of aromatic nitrogens is 1. The van der Waals surface area contributed by atoms with E-state index in [-0.39, 0.29) is 12.2 Å². The normalized spacial score (nSPS) is 13.6. The van der Waals surface area contributed by atoms with Crippen LogP contribution in [0.5, 0.6) is 0 Å². The van der Waals surface area contributed by atoms with Crippen LogP contribution in [-0.4, -0.2) is 15.6 Å². The summed E-state index contributed by atoms with van der Waals surface area (Å²) in [6.45, 7) is 11.6. The van der Waals surface area contributed by atoms with Gasteiger partial charge in [-0.3, -0.25) is 0 Å². The van der Waals surface area contributed by atoms with Crippen molar-refractivity contribution in [3.63, 3.8) is 0 Å². The number of carbonyl (C=O) groups is 1. The third-order valence-corrected chi connectivity index (χ3v) is 4.41. The lowest BCUT2D eigenvalue weighted by atomic mass is 10.1. The van der Waals surface area contributed by atoms with Crippen molar-refractivity contribution >= 4 is 24.7 Å². The first-order valence-electron chi connectivity index (χ1n) is 9.35. The van der Waals surface area contributed by atoms with Crippen molar-refractivity contribution in [2.24, 2.45) is 0 Å². The maximum atomic E-state index is 13.0. The Morgan fingerprint density at radius 2 is 1.93 bits per heavy atom. The molecule has 0 bridgehead atoms. The molecule has 1 saturated carbocycles. The number of halogens is 3. The molecule has 1 aromatic heterocycles. The first-order chi connectivity index (χ1) is 13.7. The highest BCUT2D eigenvalue weighted by Gasteiger charge is 2.30. The fraction of sp³-hybridized carbons (Fsp3) is 0.261. The molecule has 1 N–H and O–H groups in total. The monoisotopic (exact) mass is 403 g/mol. The summed E-state index contributed by atoms with van der Waals surface area (Å²) in [5, 5.41) is 10.8. The number of allylic oxidation sites excluding steroid dienone is 2. The van der Waals surface area contributed by atoms with Gasteiger partial charge in [0, 0.05) is 22.7 Å². The zero-order valence-electron chi connectivity index (χ0n) is 16.5. The van der Waals surface area contributed by atoms with Gasteiger partial charge in [-0.25, -0.2) is 4.79 Å². The van der Waals surface area contributed by atoms with E-state index in [1.807, 2.05) is 19.9 Å². The minimum Gasteiger partial charge on any atom is -0.477 e. The van der Waals surface area contributed by atoms with E-state index in [1.54, 1.807) is 12.1 Å². The number of carboxylic acid groups (broad SMARTS) is 1. The van der Waals surface area contributed by atoms with Crippen molar-refractivity contribution in [2.75, 3.05) is 0 Å². The molecule has 1 heterocycles. The van der Waals surface area contributed by atoms with E-state index in [0.717, 1.165) is 30.5 Å². The Labute approximate surface area is 167 Å². The molecule has 1 aliphatic carbocycles. The van der Waals surface area contributed by atoms with Crippen LogP contribution in [0.15, 0.2) is 42.5 Å². The Morgan fingerprint density at radius 1 is 1.28 bits per heavy atom.